The molecule has 0 radical (unpaired) electrons. The molecule has 0 aromatic heterocycles. The minimum absolute atomic E-state index is 0.192. The summed E-state index contributed by atoms with van der Waals surface area (Å²) in [5, 5.41) is 9.63. The van der Waals surface area contributed by atoms with Crippen molar-refractivity contribution in [1.29, 1.82) is 0 Å². The minimum Gasteiger partial charge on any atom is -0.507 e. The highest BCUT2D eigenvalue weighted by atomic mass is 79.9. The third-order valence-corrected chi connectivity index (χ3v) is 2.94. The van der Waals surface area contributed by atoms with Crippen LogP contribution in [-0.2, 0) is 6.42 Å². The Labute approximate surface area is 89.8 Å². The van der Waals surface area contributed by atoms with Gasteiger partial charge in [-0.3, -0.25) is 4.79 Å². The number of aromatic hydroxyl groups is 1. The summed E-state index contributed by atoms with van der Waals surface area (Å²) in [6, 6.07) is 1.54. The third-order valence-electron chi connectivity index (χ3n) is 2.28. The summed E-state index contributed by atoms with van der Waals surface area (Å²) >= 11 is 3.22. The number of phenols is 1. The zero-order valence-electron chi connectivity index (χ0n) is 7.42. The zero-order chi connectivity index (χ0) is 10.1. The van der Waals surface area contributed by atoms with E-state index in [0.29, 0.717) is 22.4 Å². The third kappa shape index (κ3) is 1.39. The standard InChI is InChI=1S/C10H9BrO3/c11-8-4-9(13)6-2-1-3-14-10(6)7(8)5-12/h4-5,13H,1-3H2. The molecule has 0 saturated carbocycles. The molecular weight excluding hydrogens is 248 g/mol. The molecule has 1 heterocycles. The number of carbonyl (C=O) groups is 1. The Morgan fingerprint density at radius 3 is 3.07 bits per heavy atom. The van der Waals surface area contributed by atoms with Crippen molar-refractivity contribution in [2.75, 3.05) is 6.61 Å². The van der Waals surface area contributed by atoms with Crippen LogP contribution < -0.4 is 4.74 Å². The van der Waals surface area contributed by atoms with Crippen LogP contribution in [0.1, 0.15) is 22.3 Å². The molecule has 0 amide bonds. The average Bonchev–Trinajstić information content (AvgIpc) is 2.18. The van der Waals surface area contributed by atoms with Gasteiger partial charge in [0.05, 0.1) is 12.2 Å². The van der Waals surface area contributed by atoms with Crippen molar-refractivity contribution in [2.45, 2.75) is 12.8 Å². The average molecular weight is 257 g/mol. The summed E-state index contributed by atoms with van der Waals surface area (Å²) < 4.78 is 5.96. The Bertz CT molecular complexity index is 387. The van der Waals surface area contributed by atoms with Crippen LogP contribution in [0.5, 0.6) is 11.5 Å². The fourth-order valence-electron chi connectivity index (χ4n) is 1.61. The number of fused-ring (bicyclic) bond motifs is 1. The largest absolute Gasteiger partial charge is 0.507 e. The number of rotatable bonds is 1. The van der Waals surface area contributed by atoms with Gasteiger partial charge in [-0.1, -0.05) is 0 Å². The van der Waals surface area contributed by atoms with E-state index in [-0.39, 0.29) is 5.75 Å². The highest BCUT2D eigenvalue weighted by Gasteiger charge is 2.20. The molecule has 3 nitrogen and oxygen atoms in total. The van der Waals surface area contributed by atoms with E-state index in [9.17, 15) is 9.90 Å². The van der Waals surface area contributed by atoms with Gasteiger partial charge in [-0.05, 0) is 34.8 Å². The second-order valence-corrected chi connectivity index (χ2v) is 4.02. The smallest absolute Gasteiger partial charge is 0.154 e. The fraction of sp³-hybridized carbons (Fsp3) is 0.300. The number of halogens is 1. The highest BCUT2D eigenvalue weighted by molar-refractivity contribution is 9.10. The van der Waals surface area contributed by atoms with Gasteiger partial charge in [-0.15, -0.1) is 0 Å². The Balaban J connectivity index is 2.67. The first-order valence-electron chi connectivity index (χ1n) is 4.36. The Kier molecular flexibility index (Phi) is 2.46. The second-order valence-electron chi connectivity index (χ2n) is 3.17. The summed E-state index contributed by atoms with van der Waals surface area (Å²) in [5.74, 6) is 0.718. The van der Waals surface area contributed by atoms with E-state index in [0.717, 1.165) is 24.7 Å². The monoisotopic (exact) mass is 256 g/mol. The van der Waals surface area contributed by atoms with Gasteiger partial charge in [0.1, 0.15) is 11.5 Å². The van der Waals surface area contributed by atoms with Crippen LogP contribution in [0.15, 0.2) is 10.5 Å². The molecule has 4 heteroatoms. The maximum absolute atomic E-state index is 10.8. The van der Waals surface area contributed by atoms with Crippen molar-refractivity contribution in [3.63, 3.8) is 0 Å². The van der Waals surface area contributed by atoms with E-state index in [4.69, 9.17) is 4.74 Å². The van der Waals surface area contributed by atoms with Crippen molar-refractivity contribution in [2.24, 2.45) is 0 Å². The molecule has 2 rings (SSSR count). The van der Waals surface area contributed by atoms with Crippen LogP contribution in [0.3, 0.4) is 0 Å². The van der Waals surface area contributed by atoms with Crippen LogP contribution >= 0.6 is 15.9 Å². The molecule has 0 bridgehead atoms. The molecule has 14 heavy (non-hydrogen) atoms. The predicted molar refractivity (Wildman–Crippen MR) is 55.0 cm³/mol. The number of hydrogen-bond donors (Lipinski definition) is 1. The molecule has 0 saturated heterocycles. The number of phenolic OH excluding ortho intramolecular Hbond substituents is 1. The SMILES string of the molecule is O=Cc1c(Br)cc(O)c2c1OCCC2. The van der Waals surface area contributed by atoms with E-state index in [1.165, 1.54) is 6.07 Å². The van der Waals surface area contributed by atoms with Gasteiger partial charge < -0.3 is 9.84 Å². The molecule has 0 fully saturated rings. The molecule has 0 atom stereocenters. The molecule has 74 valence electrons. The van der Waals surface area contributed by atoms with Crippen molar-refractivity contribution >= 4 is 22.2 Å². The van der Waals surface area contributed by atoms with Crippen LogP contribution in [-0.4, -0.2) is 18.0 Å². The number of hydrogen-bond acceptors (Lipinski definition) is 3. The van der Waals surface area contributed by atoms with Crippen LogP contribution in [0.4, 0.5) is 0 Å². The van der Waals surface area contributed by atoms with Gasteiger partial charge in [0, 0.05) is 10.0 Å². The van der Waals surface area contributed by atoms with E-state index in [1.807, 2.05) is 0 Å². The number of ether oxygens (including phenoxy) is 1. The van der Waals surface area contributed by atoms with Crippen molar-refractivity contribution < 1.29 is 14.6 Å². The summed E-state index contributed by atoms with van der Waals surface area (Å²) in [5.41, 5.74) is 1.22. The Hall–Kier alpha value is -1.03. The number of aldehydes is 1. The maximum Gasteiger partial charge on any atom is 0.154 e. The van der Waals surface area contributed by atoms with E-state index < -0.39 is 0 Å². The van der Waals surface area contributed by atoms with Gasteiger partial charge in [0.25, 0.3) is 0 Å². The molecule has 1 aliphatic heterocycles. The predicted octanol–water partition coefficient (Wildman–Crippen LogP) is 2.29. The van der Waals surface area contributed by atoms with Gasteiger partial charge in [-0.25, -0.2) is 0 Å². The zero-order valence-corrected chi connectivity index (χ0v) is 9.00. The van der Waals surface area contributed by atoms with Crippen molar-refractivity contribution in [3.8, 4) is 11.5 Å². The maximum atomic E-state index is 10.8. The van der Waals surface area contributed by atoms with E-state index in [1.54, 1.807) is 0 Å². The molecular formula is C10H9BrO3. The Morgan fingerprint density at radius 1 is 1.57 bits per heavy atom. The molecule has 0 unspecified atom stereocenters. The Morgan fingerprint density at radius 2 is 2.36 bits per heavy atom. The van der Waals surface area contributed by atoms with Gasteiger partial charge in [0.15, 0.2) is 6.29 Å². The molecule has 1 aromatic carbocycles. The van der Waals surface area contributed by atoms with Gasteiger partial charge in [0.2, 0.25) is 0 Å². The lowest BCUT2D eigenvalue weighted by molar-refractivity contribution is 0.111. The first-order valence-corrected chi connectivity index (χ1v) is 5.15. The van der Waals surface area contributed by atoms with E-state index >= 15 is 0 Å². The highest BCUT2D eigenvalue weighted by Crippen LogP contribution is 2.39. The van der Waals surface area contributed by atoms with Crippen LogP contribution in [0, 0.1) is 0 Å². The minimum atomic E-state index is 0.192. The molecule has 1 N–H and O–H groups in total. The second kappa shape index (κ2) is 3.61. The fourth-order valence-corrected chi connectivity index (χ4v) is 2.10. The molecule has 1 aliphatic rings. The first kappa shape index (κ1) is 9.52. The number of benzene rings is 1. The summed E-state index contributed by atoms with van der Waals surface area (Å²) in [6.45, 7) is 0.601. The van der Waals surface area contributed by atoms with E-state index in [2.05, 4.69) is 15.9 Å². The lowest BCUT2D eigenvalue weighted by Gasteiger charge is -2.20. The normalized spacial score (nSPS) is 14.4. The summed E-state index contributed by atoms with van der Waals surface area (Å²) in [7, 11) is 0. The molecule has 1 aromatic rings. The molecule has 0 spiro atoms. The quantitative estimate of drug-likeness (QED) is 0.785. The van der Waals surface area contributed by atoms with Crippen LogP contribution in [0.25, 0.3) is 0 Å². The van der Waals surface area contributed by atoms with Crippen LogP contribution in [0.2, 0.25) is 0 Å². The van der Waals surface area contributed by atoms with Crippen molar-refractivity contribution in [3.05, 3.63) is 21.7 Å². The lowest BCUT2D eigenvalue weighted by atomic mass is 10.0. The summed E-state index contributed by atoms with van der Waals surface area (Å²) in [6.07, 6.45) is 2.38. The van der Waals surface area contributed by atoms with Gasteiger partial charge >= 0.3 is 0 Å². The topological polar surface area (TPSA) is 46.5 Å². The first-order chi connectivity index (χ1) is 6.74. The molecule has 0 aliphatic carbocycles. The number of carbonyl (C=O) groups excluding carboxylic acids is 1. The van der Waals surface area contributed by atoms with Gasteiger partial charge in [-0.2, -0.15) is 0 Å². The lowest BCUT2D eigenvalue weighted by Crippen LogP contribution is -2.10. The summed E-state index contributed by atoms with van der Waals surface area (Å²) in [4.78, 5) is 10.8. The van der Waals surface area contributed by atoms with Crippen molar-refractivity contribution in [1.82, 2.24) is 0 Å².